The Hall–Kier alpha value is -6.44. The third kappa shape index (κ3) is 4.40. The average Bonchev–Trinajstić information content (AvgIpc) is 3.71. The number of fused-ring (bicyclic) bond motifs is 6. The van der Waals surface area contributed by atoms with E-state index in [1.165, 1.54) is 0 Å². The molecule has 49 heavy (non-hydrogen) atoms. The minimum atomic E-state index is -0.825. The van der Waals surface area contributed by atoms with Crippen molar-refractivity contribution in [2.75, 3.05) is 0 Å². The number of benzene rings is 9. The van der Waals surface area contributed by atoms with Crippen LogP contribution in [0, 0.1) is 0 Å². The molecular weight excluding hydrogens is 593 g/mol. The standard InChI is InChI=1S/C48H30O/c1-2-14-32(15-3-1)45-39-19-6-8-21-41(39)46(42-22-9-7-20-40(42)45)36-18-10-17-34(30-36)37-23-12-26-44-47(37)43-25-11-24-38(48(43)49-44)35-28-27-31-13-4-5-16-33(31)29-35/h1-30H/i1D,2D,3D,6D,7D,8D,9D,10D,14D,15D,17D,18D,19D,20D,21D,22D,30D. The van der Waals surface area contributed by atoms with Crippen LogP contribution in [0.3, 0.4) is 0 Å². The van der Waals surface area contributed by atoms with Gasteiger partial charge in [-0.05, 0) is 89.4 Å². The Morgan fingerprint density at radius 1 is 0.408 bits per heavy atom. The molecule has 0 aliphatic carbocycles. The zero-order chi connectivity index (χ0) is 47.1. The van der Waals surface area contributed by atoms with E-state index in [4.69, 9.17) is 16.8 Å². The van der Waals surface area contributed by atoms with Crippen molar-refractivity contribution < 1.29 is 27.7 Å². The number of hydrogen-bond donors (Lipinski definition) is 0. The van der Waals surface area contributed by atoms with E-state index in [1.807, 2.05) is 60.7 Å². The lowest BCUT2D eigenvalue weighted by Crippen LogP contribution is -1.91. The zero-order valence-electron chi connectivity index (χ0n) is 42.4. The number of hydrogen-bond acceptors (Lipinski definition) is 1. The summed E-state index contributed by atoms with van der Waals surface area (Å²) in [7, 11) is 0. The summed E-state index contributed by atoms with van der Waals surface area (Å²) < 4.78 is 160. The van der Waals surface area contributed by atoms with Crippen molar-refractivity contribution >= 4 is 54.3 Å². The molecule has 0 N–H and O–H groups in total. The SMILES string of the molecule is [2H]c1c([2H])c([2H])c(-c2c3c([2H])c([2H])c([2H])c([2H])c3c(-c3c([2H])c([2H])c([2H])c(-c4cccc5oc6c(-c7ccc8ccccc8c7)cccc6c45)c3[2H])c3c([2H])c([2H])c([2H])c([2H])c23)c([2H])c1[2H]. The Morgan fingerprint density at radius 2 is 1.02 bits per heavy atom. The predicted octanol–water partition coefficient (Wildman–Crippen LogP) is 13.7. The quantitative estimate of drug-likeness (QED) is 0.175. The normalized spacial score (nSPS) is 16.5. The van der Waals surface area contributed by atoms with E-state index in [0.29, 0.717) is 21.9 Å². The molecule has 9 aromatic carbocycles. The van der Waals surface area contributed by atoms with Crippen molar-refractivity contribution in [1.29, 1.82) is 0 Å². The third-order valence-electron chi connectivity index (χ3n) is 8.85. The summed E-state index contributed by atoms with van der Waals surface area (Å²) in [6, 6.07) is 11.3. The molecule has 0 saturated heterocycles. The van der Waals surface area contributed by atoms with Crippen molar-refractivity contribution in [1.82, 2.24) is 0 Å². The van der Waals surface area contributed by atoms with Crippen LogP contribution in [-0.4, -0.2) is 0 Å². The summed E-state index contributed by atoms with van der Waals surface area (Å²) in [6.45, 7) is 0. The van der Waals surface area contributed by atoms with Gasteiger partial charge in [-0.1, -0.05) is 163 Å². The van der Waals surface area contributed by atoms with Gasteiger partial charge < -0.3 is 4.42 Å². The summed E-state index contributed by atoms with van der Waals surface area (Å²) in [5.41, 5.74) is 0.403. The molecule has 10 aromatic rings. The molecule has 0 fully saturated rings. The topological polar surface area (TPSA) is 13.1 Å². The predicted molar refractivity (Wildman–Crippen MR) is 208 cm³/mol. The van der Waals surface area contributed by atoms with Crippen LogP contribution >= 0.6 is 0 Å². The van der Waals surface area contributed by atoms with E-state index in [-0.39, 0.29) is 11.1 Å². The fourth-order valence-electron chi connectivity index (χ4n) is 6.74. The van der Waals surface area contributed by atoms with E-state index in [9.17, 15) is 11.0 Å². The van der Waals surface area contributed by atoms with Crippen molar-refractivity contribution in [2.24, 2.45) is 0 Å². The lowest BCUT2D eigenvalue weighted by atomic mass is 9.85. The second kappa shape index (κ2) is 11.1. The largest absolute Gasteiger partial charge is 0.455 e. The average molecular weight is 640 g/mol. The summed E-state index contributed by atoms with van der Waals surface area (Å²) >= 11 is 0. The van der Waals surface area contributed by atoms with Gasteiger partial charge in [0.05, 0.1) is 23.3 Å². The lowest BCUT2D eigenvalue weighted by molar-refractivity contribution is 0.670. The van der Waals surface area contributed by atoms with Crippen LogP contribution in [0.5, 0.6) is 0 Å². The third-order valence-corrected chi connectivity index (χ3v) is 8.85. The highest BCUT2D eigenvalue weighted by Crippen LogP contribution is 2.45. The lowest BCUT2D eigenvalue weighted by Gasteiger charge is -2.18. The van der Waals surface area contributed by atoms with Crippen molar-refractivity contribution in [3.8, 4) is 44.5 Å². The van der Waals surface area contributed by atoms with Gasteiger partial charge >= 0.3 is 0 Å². The van der Waals surface area contributed by atoms with Crippen molar-refractivity contribution in [3.63, 3.8) is 0 Å². The summed E-state index contributed by atoms with van der Waals surface area (Å²) in [5, 5.41) is 1.06. The maximum Gasteiger partial charge on any atom is 0.143 e. The fraction of sp³-hybridized carbons (Fsp3) is 0. The van der Waals surface area contributed by atoms with Crippen LogP contribution in [0.2, 0.25) is 0 Å². The summed E-state index contributed by atoms with van der Waals surface area (Å²) in [4.78, 5) is 0. The van der Waals surface area contributed by atoms with Crippen LogP contribution in [-0.2, 0) is 0 Å². The zero-order valence-corrected chi connectivity index (χ0v) is 25.4. The van der Waals surface area contributed by atoms with Crippen LogP contribution < -0.4 is 0 Å². The number of furan rings is 1. The van der Waals surface area contributed by atoms with Crippen molar-refractivity contribution in [2.45, 2.75) is 0 Å². The maximum atomic E-state index is 9.98. The molecule has 10 rings (SSSR count). The van der Waals surface area contributed by atoms with Crippen LogP contribution in [0.1, 0.15) is 23.3 Å². The molecule has 0 aliphatic heterocycles. The second-order valence-corrected chi connectivity index (χ2v) is 11.5. The van der Waals surface area contributed by atoms with Crippen LogP contribution in [0.15, 0.2) is 186 Å². The Balaban J connectivity index is 1.39. The first-order chi connectivity index (χ1) is 31.4. The molecule has 0 spiro atoms. The van der Waals surface area contributed by atoms with Gasteiger partial charge in [0.15, 0.2) is 0 Å². The summed E-state index contributed by atoms with van der Waals surface area (Å²) in [6.07, 6.45) is 0. The molecule has 0 amide bonds. The molecule has 0 radical (unpaired) electrons. The highest BCUT2D eigenvalue weighted by Gasteiger charge is 2.19. The fourth-order valence-corrected chi connectivity index (χ4v) is 6.74. The molecule has 1 aromatic heterocycles. The molecule has 1 heteroatoms. The second-order valence-electron chi connectivity index (χ2n) is 11.5. The monoisotopic (exact) mass is 639 g/mol. The molecule has 0 aliphatic rings. The highest BCUT2D eigenvalue weighted by molar-refractivity contribution is 6.22. The smallest absolute Gasteiger partial charge is 0.143 e. The molecular formula is C48H30O. The number of para-hydroxylation sites is 1. The highest BCUT2D eigenvalue weighted by atomic mass is 16.3. The molecule has 0 atom stereocenters. The molecule has 0 saturated carbocycles. The van der Waals surface area contributed by atoms with Gasteiger partial charge in [-0.25, -0.2) is 0 Å². The van der Waals surface area contributed by atoms with Gasteiger partial charge in [0.25, 0.3) is 0 Å². The minimum Gasteiger partial charge on any atom is -0.455 e. The molecule has 0 bridgehead atoms. The van der Waals surface area contributed by atoms with E-state index in [1.54, 1.807) is 18.2 Å². The maximum absolute atomic E-state index is 9.98. The van der Waals surface area contributed by atoms with Gasteiger partial charge in [0.1, 0.15) is 11.2 Å². The Kier molecular flexibility index (Phi) is 3.54. The van der Waals surface area contributed by atoms with Crippen LogP contribution in [0.25, 0.3) is 98.8 Å². The van der Waals surface area contributed by atoms with Gasteiger partial charge in [0.2, 0.25) is 0 Å². The van der Waals surface area contributed by atoms with Crippen LogP contribution in [0.4, 0.5) is 0 Å². The molecule has 1 heterocycles. The first kappa shape index (κ1) is 15.6. The molecule has 1 nitrogen and oxygen atoms in total. The van der Waals surface area contributed by atoms with E-state index in [0.717, 1.165) is 21.9 Å². The molecule has 0 unspecified atom stereocenters. The first-order valence-corrected chi connectivity index (χ1v) is 15.5. The van der Waals surface area contributed by atoms with Gasteiger partial charge in [0, 0.05) is 16.3 Å². The van der Waals surface area contributed by atoms with E-state index >= 15 is 0 Å². The van der Waals surface area contributed by atoms with Gasteiger partial charge in [-0.2, -0.15) is 0 Å². The van der Waals surface area contributed by atoms with Gasteiger partial charge in [-0.15, -0.1) is 0 Å². The Morgan fingerprint density at radius 3 is 1.78 bits per heavy atom. The van der Waals surface area contributed by atoms with Crippen molar-refractivity contribution in [3.05, 3.63) is 182 Å². The molecule has 228 valence electrons. The van der Waals surface area contributed by atoms with Gasteiger partial charge in [-0.3, -0.25) is 0 Å². The first-order valence-electron chi connectivity index (χ1n) is 24.0. The minimum absolute atomic E-state index is 0.187. The summed E-state index contributed by atoms with van der Waals surface area (Å²) in [5.74, 6) is 0. The Bertz CT molecular complexity index is 3750. The Labute approximate surface area is 308 Å². The number of rotatable bonds is 4. The van der Waals surface area contributed by atoms with E-state index < -0.39 is 147 Å². The van der Waals surface area contributed by atoms with E-state index in [2.05, 4.69) is 0 Å².